The normalized spacial score (nSPS) is 9.58. The molecule has 19 heavy (non-hydrogen) atoms. The van der Waals surface area contributed by atoms with Gasteiger partial charge in [-0.25, -0.2) is 0 Å². The number of nitrogens with two attached hydrogens (primary N) is 1. The average molecular weight is 257 g/mol. The summed E-state index contributed by atoms with van der Waals surface area (Å²) in [5, 5.41) is 8.48. The molecule has 0 bridgehead atoms. The van der Waals surface area contributed by atoms with Crippen LogP contribution in [0.15, 0.2) is 24.3 Å². The van der Waals surface area contributed by atoms with Crippen molar-refractivity contribution in [3.63, 3.8) is 0 Å². The number of hydrogen-bond acceptors (Lipinski definition) is 4. The highest BCUT2D eigenvalue weighted by molar-refractivity contribution is 5.38. The standard InChI is InChI=1S/C15H19N3O/c1-18(11-3-10-17)12-13-19-15-7-5-14(6-8-15)4-2-9-16/h5-8H,3,9,11-13,16H2,1H3. The second-order valence-corrected chi connectivity index (χ2v) is 4.09. The van der Waals surface area contributed by atoms with E-state index in [4.69, 9.17) is 15.7 Å². The van der Waals surface area contributed by atoms with Gasteiger partial charge in [0.1, 0.15) is 12.4 Å². The molecule has 1 rings (SSSR count). The minimum absolute atomic E-state index is 0.368. The molecule has 0 heterocycles. The molecule has 0 fully saturated rings. The lowest BCUT2D eigenvalue weighted by Crippen LogP contribution is -2.25. The summed E-state index contributed by atoms with van der Waals surface area (Å²) < 4.78 is 5.62. The molecule has 2 N–H and O–H groups in total. The number of likely N-dealkylation sites (N-methyl/N-ethyl adjacent to an activating group) is 1. The fourth-order valence-electron chi connectivity index (χ4n) is 1.46. The number of benzene rings is 1. The van der Waals surface area contributed by atoms with Gasteiger partial charge in [-0.15, -0.1) is 0 Å². The van der Waals surface area contributed by atoms with Gasteiger partial charge in [0.05, 0.1) is 12.6 Å². The highest BCUT2D eigenvalue weighted by Gasteiger charge is 1.98. The first kappa shape index (κ1) is 15.0. The van der Waals surface area contributed by atoms with E-state index >= 15 is 0 Å². The summed E-state index contributed by atoms with van der Waals surface area (Å²) in [6, 6.07) is 9.75. The van der Waals surface area contributed by atoms with E-state index in [0.29, 0.717) is 19.6 Å². The number of ether oxygens (including phenoxy) is 1. The molecule has 0 atom stereocenters. The van der Waals surface area contributed by atoms with Crippen molar-refractivity contribution in [2.75, 3.05) is 33.3 Å². The first-order chi connectivity index (χ1) is 9.26. The average Bonchev–Trinajstić information content (AvgIpc) is 2.44. The third-order valence-electron chi connectivity index (χ3n) is 2.54. The van der Waals surface area contributed by atoms with Crippen LogP contribution in [0, 0.1) is 23.2 Å². The van der Waals surface area contributed by atoms with Crippen molar-refractivity contribution in [3.05, 3.63) is 29.8 Å². The molecule has 0 amide bonds. The Kier molecular flexibility index (Phi) is 7.12. The number of nitriles is 1. The monoisotopic (exact) mass is 257 g/mol. The predicted octanol–water partition coefficient (Wildman–Crippen LogP) is 1.22. The van der Waals surface area contributed by atoms with Crippen LogP contribution >= 0.6 is 0 Å². The van der Waals surface area contributed by atoms with Crippen LogP contribution in [0.5, 0.6) is 5.75 Å². The zero-order chi connectivity index (χ0) is 13.9. The van der Waals surface area contributed by atoms with Crippen molar-refractivity contribution in [2.24, 2.45) is 5.73 Å². The molecular weight excluding hydrogens is 238 g/mol. The third-order valence-corrected chi connectivity index (χ3v) is 2.54. The van der Waals surface area contributed by atoms with Gasteiger partial charge in [0.25, 0.3) is 0 Å². The van der Waals surface area contributed by atoms with E-state index in [0.717, 1.165) is 24.4 Å². The number of rotatable bonds is 6. The van der Waals surface area contributed by atoms with Gasteiger partial charge < -0.3 is 15.4 Å². The van der Waals surface area contributed by atoms with Crippen LogP contribution in [0.25, 0.3) is 0 Å². The Labute approximate surface area is 114 Å². The molecule has 4 nitrogen and oxygen atoms in total. The van der Waals surface area contributed by atoms with E-state index in [1.807, 2.05) is 31.3 Å². The van der Waals surface area contributed by atoms with Crippen molar-refractivity contribution in [3.8, 4) is 23.7 Å². The van der Waals surface area contributed by atoms with Gasteiger partial charge in [-0.2, -0.15) is 5.26 Å². The van der Waals surface area contributed by atoms with Crippen molar-refractivity contribution >= 4 is 0 Å². The minimum Gasteiger partial charge on any atom is -0.492 e. The molecule has 1 aromatic rings. The molecule has 0 aromatic heterocycles. The summed E-state index contributed by atoms with van der Waals surface area (Å²) >= 11 is 0. The Balaban J connectivity index is 2.32. The van der Waals surface area contributed by atoms with Gasteiger partial charge in [-0.1, -0.05) is 11.8 Å². The summed E-state index contributed by atoms with van der Waals surface area (Å²) in [7, 11) is 1.98. The Hall–Kier alpha value is -2.01. The maximum absolute atomic E-state index is 8.48. The van der Waals surface area contributed by atoms with E-state index in [9.17, 15) is 0 Å². The van der Waals surface area contributed by atoms with E-state index < -0.39 is 0 Å². The number of nitrogens with zero attached hydrogens (tertiary/aromatic N) is 2. The fraction of sp³-hybridized carbons (Fsp3) is 0.400. The fourth-order valence-corrected chi connectivity index (χ4v) is 1.46. The van der Waals surface area contributed by atoms with Gasteiger partial charge in [0.2, 0.25) is 0 Å². The van der Waals surface area contributed by atoms with Crippen LogP contribution in [-0.2, 0) is 0 Å². The van der Waals surface area contributed by atoms with Gasteiger partial charge in [0.15, 0.2) is 0 Å². The van der Waals surface area contributed by atoms with E-state index in [-0.39, 0.29) is 0 Å². The lowest BCUT2D eigenvalue weighted by molar-refractivity contribution is 0.240. The SMILES string of the molecule is CN(CCC#N)CCOc1ccc(C#CCN)cc1. The first-order valence-corrected chi connectivity index (χ1v) is 6.23. The van der Waals surface area contributed by atoms with Crippen LogP contribution in [0.3, 0.4) is 0 Å². The highest BCUT2D eigenvalue weighted by atomic mass is 16.5. The largest absolute Gasteiger partial charge is 0.492 e. The van der Waals surface area contributed by atoms with Crippen LogP contribution in [0.2, 0.25) is 0 Å². The van der Waals surface area contributed by atoms with Crippen molar-refractivity contribution in [1.29, 1.82) is 5.26 Å². The molecule has 0 spiro atoms. The topological polar surface area (TPSA) is 62.3 Å². The van der Waals surface area contributed by atoms with Crippen LogP contribution in [-0.4, -0.2) is 38.2 Å². The molecule has 0 saturated heterocycles. The second-order valence-electron chi connectivity index (χ2n) is 4.09. The van der Waals surface area contributed by atoms with Crippen molar-refractivity contribution in [1.82, 2.24) is 4.90 Å². The highest BCUT2D eigenvalue weighted by Crippen LogP contribution is 2.11. The van der Waals surface area contributed by atoms with Crippen molar-refractivity contribution in [2.45, 2.75) is 6.42 Å². The Morgan fingerprint density at radius 1 is 1.26 bits per heavy atom. The molecule has 0 aliphatic rings. The van der Waals surface area contributed by atoms with Gasteiger partial charge in [-0.05, 0) is 31.3 Å². The summed E-state index contributed by atoms with van der Waals surface area (Å²) in [4.78, 5) is 2.07. The van der Waals surface area contributed by atoms with Gasteiger partial charge >= 0.3 is 0 Å². The Morgan fingerprint density at radius 3 is 2.63 bits per heavy atom. The second kappa shape index (κ2) is 8.99. The van der Waals surface area contributed by atoms with E-state index in [1.54, 1.807) is 0 Å². The Morgan fingerprint density at radius 2 is 2.00 bits per heavy atom. The van der Waals surface area contributed by atoms with Crippen LogP contribution in [0.4, 0.5) is 0 Å². The summed E-state index contributed by atoms with van der Waals surface area (Å²) in [5.41, 5.74) is 6.25. The zero-order valence-electron chi connectivity index (χ0n) is 11.2. The first-order valence-electron chi connectivity index (χ1n) is 6.23. The predicted molar refractivity (Wildman–Crippen MR) is 75.6 cm³/mol. The minimum atomic E-state index is 0.368. The Bertz CT molecular complexity index is 465. The molecule has 1 aromatic carbocycles. The maximum Gasteiger partial charge on any atom is 0.119 e. The molecule has 4 heteroatoms. The third kappa shape index (κ3) is 6.47. The molecule has 0 aliphatic carbocycles. The molecule has 0 saturated carbocycles. The van der Waals surface area contributed by atoms with E-state index in [1.165, 1.54) is 0 Å². The quantitative estimate of drug-likeness (QED) is 0.778. The van der Waals surface area contributed by atoms with Crippen LogP contribution < -0.4 is 10.5 Å². The lowest BCUT2D eigenvalue weighted by atomic mass is 10.2. The lowest BCUT2D eigenvalue weighted by Gasteiger charge is -2.15. The summed E-state index contributed by atoms with van der Waals surface area (Å²) in [6.07, 6.45) is 0.547. The summed E-state index contributed by atoms with van der Waals surface area (Å²) in [6.45, 7) is 2.55. The van der Waals surface area contributed by atoms with Gasteiger partial charge in [-0.3, -0.25) is 0 Å². The van der Waals surface area contributed by atoms with E-state index in [2.05, 4.69) is 22.8 Å². The van der Waals surface area contributed by atoms with Crippen molar-refractivity contribution < 1.29 is 4.74 Å². The molecule has 0 unspecified atom stereocenters. The zero-order valence-corrected chi connectivity index (χ0v) is 11.2. The van der Waals surface area contributed by atoms with Gasteiger partial charge in [0, 0.05) is 25.1 Å². The molecule has 0 radical (unpaired) electrons. The number of hydrogen-bond donors (Lipinski definition) is 1. The molecular formula is C15H19N3O. The molecule has 100 valence electrons. The molecule has 0 aliphatic heterocycles. The maximum atomic E-state index is 8.48. The smallest absolute Gasteiger partial charge is 0.119 e. The summed E-state index contributed by atoms with van der Waals surface area (Å²) in [5.74, 6) is 6.59. The van der Waals surface area contributed by atoms with Crippen LogP contribution in [0.1, 0.15) is 12.0 Å².